The van der Waals surface area contributed by atoms with Crippen LogP contribution in [0.4, 0.5) is 0 Å². The van der Waals surface area contributed by atoms with Gasteiger partial charge in [-0.1, -0.05) is 35.5 Å². The Morgan fingerprint density at radius 1 is 1.04 bits per heavy atom. The average molecular weight is 380 g/mol. The molecule has 5 heteroatoms. The third-order valence-corrected chi connectivity index (χ3v) is 4.85. The van der Waals surface area contributed by atoms with Crippen LogP contribution in [-0.4, -0.2) is 14.5 Å². The molecule has 0 atom stereocenters. The lowest BCUT2D eigenvalue weighted by molar-refractivity contribution is 0.387. The topological polar surface area (TPSA) is 43.3 Å². The monoisotopic (exact) mass is 379 g/mol. The zero-order chi connectivity index (χ0) is 16.1. The Morgan fingerprint density at radius 2 is 1.88 bits per heavy atom. The summed E-state index contributed by atoms with van der Waals surface area (Å²) >= 11 is 3.51. The molecule has 0 saturated heterocycles. The van der Waals surface area contributed by atoms with E-state index in [1.54, 1.807) is 0 Å². The highest BCUT2D eigenvalue weighted by Gasteiger charge is 2.34. The number of rotatable bonds is 3. The highest BCUT2D eigenvalue weighted by molar-refractivity contribution is 9.10. The van der Waals surface area contributed by atoms with Crippen molar-refractivity contribution in [2.75, 3.05) is 0 Å². The molecule has 4 nitrogen and oxygen atoms in total. The quantitative estimate of drug-likeness (QED) is 0.485. The first kappa shape index (κ1) is 14.0. The molecule has 0 N–H and O–H groups in total. The van der Waals surface area contributed by atoms with E-state index in [9.17, 15) is 0 Å². The molecule has 3 heterocycles. The maximum atomic E-state index is 5.74. The lowest BCUT2D eigenvalue weighted by atomic mass is 10.0. The fraction of sp³-hybridized carbons (Fsp3) is 0.158. The molecule has 0 radical (unpaired) electrons. The van der Waals surface area contributed by atoms with E-state index in [-0.39, 0.29) is 0 Å². The first-order valence-electron chi connectivity index (χ1n) is 7.99. The molecule has 1 aromatic carbocycles. The van der Waals surface area contributed by atoms with Gasteiger partial charge in [0, 0.05) is 28.3 Å². The molecule has 1 saturated carbocycles. The molecular formula is C19H14BrN3O. The van der Waals surface area contributed by atoms with E-state index < -0.39 is 0 Å². The van der Waals surface area contributed by atoms with Gasteiger partial charge in [-0.2, -0.15) is 0 Å². The summed E-state index contributed by atoms with van der Waals surface area (Å²) in [5.41, 5.74) is 4.79. The van der Waals surface area contributed by atoms with Gasteiger partial charge in [0.1, 0.15) is 17.1 Å². The van der Waals surface area contributed by atoms with Crippen molar-refractivity contribution in [3.63, 3.8) is 0 Å². The Hall–Kier alpha value is -2.40. The number of nitrogens with zero attached hydrogens (tertiary/aromatic N) is 3. The van der Waals surface area contributed by atoms with Crippen molar-refractivity contribution in [2.45, 2.75) is 18.8 Å². The molecule has 0 bridgehead atoms. The normalized spacial score (nSPS) is 14.4. The predicted molar refractivity (Wildman–Crippen MR) is 95.8 cm³/mol. The Labute approximate surface area is 147 Å². The molecule has 1 fully saturated rings. The van der Waals surface area contributed by atoms with Gasteiger partial charge >= 0.3 is 0 Å². The molecule has 0 unspecified atom stereocenters. The summed E-state index contributed by atoms with van der Waals surface area (Å²) in [7, 11) is 0. The smallest absolute Gasteiger partial charge is 0.149 e. The first-order valence-corrected chi connectivity index (χ1v) is 8.78. The molecule has 0 spiro atoms. The van der Waals surface area contributed by atoms with Crippen LogP contribution in [0.1, 0.15) is 24.5 Å². The summed E-state index contributed by atoms with van der Waals surface area (Å²) in [5.74, 6) is 1.44. The van der Waals surface area contributed by atoms with Gasteiger partial charge in [0.15, 0.2) is 0 Å². The zero-order valence-corrected chi connectivity index (χ0v) is 14.4. The van der Waals surface area contributed by atoms with Crippen LogP contribution >= 0.6 is 15.9 Å². The number of benzene rings is 1. The maximum Gasteiger partial charge on any atom is 0.149 e. The molecule has 0 aliphatic heterocycles. The van der Waals surface area contributed by atoms with E-state index in [0.717, 1.165) is 51.2 Å². The van der Waals surface area contributed by atoms with Crippen LogP contribution in [0.25, 0.3) is 28.2 Å². The molecule has 0 amide bonds. The third-order valence-electron chi connectivity index (χ3n) is 4.38. The van der Waals surface area contributed by atoms with Crippen LogP contribution in [0.15, 0.2) is 63.9 Å². The summed E-state index contributed by atoms with van der Waals surface area (Å²) in [6.45, 7) is 0. The van der Waals surface area contributed by atoms with Crippen LogP contribution in [0.5, 0.6) is 0 Å². The number of fused-ring (bicyclic) bond motifs is 1. The minimum atomic E-state index is 0.474. The van der Waals surface area contributed by atoms with Gasteiger partial charge in [0.2, 0.25) is 0 Å². The van der Waals surface area contributed by atoms with E-state index in [1.807, 2.05) is 47.1 Å². The van der Waals surface area contributed by atoms with Gasteiger partial charge in [0.05, 0.1) is 11.3 Å². The van der Waals surface area contributed by atoms with E-state index in [1.165, 1.54) is 0 Å². The lowest BCUT2D eigenvalue weighted by Crippen LogP contribution is -1.86. The first-order chi connectivity index (χ1) is 11.8. The van der Waals surface area contributed by atoms with Crippen LogP contribution in [0.3, 0.4) is 0 Å². The SMILES string of the molecule is Brc1ccc2nc(-c3c(-c4ccccc4)noc3C3CC3)cn2c1. The van der Waals surface area contributed by atoms with Gasteiger partial charge < -0.3 is 8.92 Å². The van der Waals surface area contributed by atoms with E-state index in [0.29, 0.717) is 5.92 Å². The standard InChI is InChI=1S/C19H14BrN3O/c20-14-8-9-16-21-15(11-23(16)10-14)17-18(12-4-2-1-3-5-12)22-24-19(17)13-6-7-13/h1-5,8-11,13H,6-7H2. The van der Waals surface area contributed by atoms with Crippen LogP contribution < -0.4 is 0 Å². The van der Waals surface area contributed by atoms with Crippen molar-refractivity contribution in [3.8, 4) is 22.5 Å². The Morgan fingerprint density at radius 3 is 2.67 bits per heavy atom. The van der Waals surface area contributed by atoms with Crippen molar-refractivity contribution < 1.29 is 4.52 Å². The maximum absolute atomic E-state index is 5.74. The van der Waals surface area contributed by atoms with E-state index >= 15 is 0 Å². The molecular weight excluding hydrogens is 366 g/mol. The molecule has 24 heavy (non-hydrogen) atoms. The van der Waals surface area contributed by atoms with Crippen LogP contribution in [0, 0.1) is 0 Å². The number of hydrogen-bond donors (Lipinski definition) is 0. The van der Waals surface area contributed by atoms with Crippen molar-refractivity contribution in [3.05, 3.63) is 65.1 Å². The second-order valence-corrected chi connectivity index (χ2v) is 7.07. The molecule has 118 valence electrons. The summed E-state index contributed by atoms with van der Waals surface area (Å²) in [5, 5.41) is 4.38. The number of pyridine rings is 1. The summed E-state index contributed by atoms with van der Waals surface area (Å²) in [6, 6.07) is 14.2. The second-order valence-electron chi connectivity index (χ2n) is 6.15. The van der Waals surface area contributed by atoms with Crippen molar-refractivity contribution in [1.82, 2.24) is 14.5 Å². The molecule has 1 aliphatic rings. The highest BCUT2D eigenvalue weighted by Crippen LogP contribution is 2.47. The average Bonchev–Trinajstić information content (AvgIpc) is 3.21. The van der Waals surface area contributed by atoms with Gasteiger partial charge in [-0.25, -0.2) is 4.98 Å². The Balaban J connectivity index is 1.74. The lowest BCUT2D eigenvalue weighted by Gasteiger charge is -2.00. The minimum Gasteiger partial charge on any atom is -0.360 e. The largest absolute Gasteiger partial charge is 0.360 e. The highest BCUT2D eigenvalue weighted by atomic mass is 79.9. The fourth-order valence-corrected chi connectivity index (χ4v) is 3.41. The van der Waals surface area contributed by atoms with E-state index in [4.69, 9.17) is 9.51 Å². The van der Waals surface area contributed by atoms with Crippen LogP contribution in [-0.2, 0) is 0 Å². The Kier molecular flexibility index (Phi) is 3.10. The molecule has 3 aromatic heterocycles. The second kappa shape index (κ2) is 5.31. The summed E-state index contributed by atoms with van der Waals surface area (Å²) in [6.07, 6.45) is 6.38. The van der Waals surface area contributed by atoms with Gasteiger partial charge in [-0.3, -0.25) is 0 Å². The summed E-state index contributed by atoms with van der Waals surface area (Å²) < 4.78 is 8.79. The van der Waals surface area contributed by atoms with Gasteiger partial charge in [0.25, 0.3) is 0 Å². The molecule has 4 aromatic rings. The zero-order valence-electron chi connectivity index (χ0n) is 12.8. The molecule has 1 aliphatic carbocycles. The number of halogens is 1. The van der Waals surface area contributed by atoms with Gasteiger partial charge in [-0.15, -0.1) is 0 Å². The van der Waals surface area contributed by atoms with Crippen LogP contribution in [0.2, 0.25) is 0 Å². The fourth-order valence-electron chi connectivity index (χ4n) is 3.05. The number of aromatic nitrogens is 3. The number of imidazole rings is 1. The van der Waals surface area contributed by atoms with Crippen molar-refractivity contribution in [2.24, 2.45) is 0 Å². The van der Waals surface area contributed by atoms with Gasteiger partial charge in [-0.05, 0) is 40.9 Å². The Bertz CT molecular complexity index is 1030. The minimum absolute atomic E-state index is 0.474. The summed E-state index contributed by atoms with van der Waals surface area (Å²) in [4.78, 5) is 4.80. The van der Waals surface area contributed by atoms with Crippen molar-refractivity contribution >= 4 is 21.6 Å². The van der Waals surface area contributed by atoms with E-state index in [2.05, 4.69) is 33.2 Å². The molecule has 5 rings (SSSR count). The number of hydrogen-bond acceptors (Lipinski definition) is 3. The van der Waals surface area contributed by atoms with Crippen molar-refractivity contribution in [1.29, 1.82) is 0 Å². The predicted octanol–water partition coefficient (Wildman–Crippen LogP) is 5.30. The third kappa shape index (κ3) is 2.27.